The molecule has 26 heavy (non-hydrogen) atoms. The first-order chi connectivity index (χ1) is 12.7. The summed E-state index contributed by atoms with van der Waals surface area (Å²) in [4.78, 5) is 23.2. The van der Waals surface area contributed by atoms with Gasteiger partial charge >= 0.3 is 0 Å². The fourth-order valence-electron chi connectivity index (χ4n) is 3.79. The van der Waals surface area contributed by atoms with Crippen molar-refractivity contribution in [3.05, 3.63) is 42.2 Å². The third kappa shape index (κ3) is 4.90. The Morgan fingerprint density at radius 3 is 2.73 bits per heavy atom. The van der Waals surface area contributed by atoms with E-state index in [1.165, 1.54) is 0 Å². The average molecular weight is 358 g/mol. The lowest BCUT2D eigenvalue weighted by molar-refractivity contribution is -0.129. The lowest BCUT2D eigenvalue weighted by atomic mass is 10.1. The molecule has 6 nitrogen and oxygen atoms in total. The van der Waals surface area contributed by atoms with Crippen molar-refractivity contribution in [3.8, 4) is 0 Å². The van der Waals surface area contributed by atoms with Gasteiger partial charge in [-0.25, -0.2) is 0 Å². The number of allylic oxidation sites excluding steroid dienone is 1. The number of aliphatic hydroxyl groups excluding tert-OH is 1. The number of carbonyl (C=O) groups excluding carboxylic acids is 1. The summed E-state index contributed by atoms with van der Waals surface area (Å²) in [5.74, 6) is 0.116. The van der Waals surface area contributed by atoms with Crippen molar-refractivity contribution in [1.82, 2.24) is 19.7 Å². The number of aliphatic hydroxyl groups is 1. The first-order valence-electron chi connectivity index (χ1n) is 9.64. The van der Waals surface area contributed by atoms with Crippen LogP contribution in [0.3, 0.4) is 0 Å². The fraction of sp³-hybridized carbons (Fsp3) is 0.600. The van der Waals surface area contributed by atoms with Gasteiger partial charge in [-0.3, -0.25) is 19.6 Å². The third-order valence-corrected chi connectivity index (χ3v) is 5.29. The van der Waals surface area contributed by atoms with Crippen LogP contribution in [0.5, 0.6) is 0 Å². The second-order valence-corrected chi connectivity index (χ2v) is 7.15. The third-order valence-electron chi connectivity index (χ3n) is 5.29. The zero-order chi connectivity index (χ0) is 18.4. The summed E-state index contributed by atoms with van der Waals surface area (Å²) in [5.41, 5.74) is 1.10. The van der Waals surface area contributed by atoms with Crippen LogP contribution in [-0.2, 0) is 11.3 Å². The van der Waals surface area contributed by atoms with Crippen LogP contribution >= 0.6 is 0 Å². The number of amides is 1. The largest absolute Gasteiger partial charge is 0.390 e. The number of piperazine rings is 1. The van der Waals surface area contributed by atoms with E-state index in [2.05, 4.69) is 27.8 Å². The Bertz CT molecular complexity index is 599. The van der Waals surface area contributed by atoms with Gasteiger partial charge in [0.25, 0.3) is 0 Å². The van der Waals surface area contributed by atoms with Crippen molar-refractivity contribution in [2.45, 2.75) is 38.5 Å². The second kappa shape index (κ2) is 9.26. The molecule has 0 unspecified atom stereocenters. The van der Waals surface area contributed by atoms with Crippen molar-refractivity contribution < 1.29 is 9.90 Å². The number of β-amino-alcohol motifs (C(OH)–C–C–N with tert-alkyl or cyclic N) is 1. The number of hydrogen-bond donors (Lipinski definition) is 1. The summed E-state index contributed by atoms with van der Waals surface area (Å²) in [7, 11) is 0. The molecular formula is C20H30N4O2. The maximum absolute atomic E-state index is 12.3. The second-order valence-electron chi connectivity index (χ2n) is 7.15. The van der Waals surface area contributed by atoms with E-state index in [1.54, 1.807) is 0 Å². The first kappa shape index (κ1) is 19.0. The van der Waals surface area contributed by atoms with Crippen LogP contribution in [0.2, 0.25) is 0 Å². The van der Waals surface area contributed by atoms with Crippen LogP contribution in [0.25, 0.3) is 0 Å². The average Bonchev–Trinajstić information content (AvgIpc) is 3.05. The highest BCUT2D eigenvalue weighted by molar-refractivity contribution is 5.78. The minimum Gasteiger partial charge on any atom is -0.390 e. The molecule has 2 fully saturated rings. The highest BCUT2D eigenvalue weighted by atomic mass is 16.3. The molecule has 6 heteroatoms. The van der Waals surface area contributed by atoms with E-state index in [-0.39, 0.29) is 11.9 Å². The summed E-state index contributed by atoms with van der Waals surface area (Å²) >= 11 is 0. The molecule has 1 N–H and O–H groups in total. The van der Waals surface area contributed by atoms with Gasteiger partial charge in [-0.2, -0.15) is 0 Å². The molecule has 0 bridgehead atoms. The van der Waals surface area contributed by atoms with E-state index >= 15 is 0 Å². The molecule has 2 saturated heterocycles. The van der Waals surface area contributed by atoms with E-state index in [9.17, 15) is 9.90 Å². The predicted octanol–water partition coefficient (Wildman–Crippen LogP) is 1.13. The van der Waals surface area contributed by atoms with Crippen molar-refractivity contribution >= 4 is 5.91 Å². The van der Waals surface area contributed by atoms with Gasteiger partial charge in [0.15, 0.2) is 0 Å². The summed E-state index contributed by atoms with van der Waals surface area (Å²) < 4.78 is 0. The predicted molar refractivity (Wildman–Crippen MR) is 102 cm³/mol. The number of hydrogen-bond acceptors (Lipinski definition) is 5. The molecule has 0 aromatic carbocycles. The van der Waals surface area contributed by atoms with Gasteiger partial charge in [0.05, 0.1) is 17.8 Å². The molecule has 1 amide bonds. The standard InChI is InChI=1S/C20H30N4O2/c1-2-3-4-8-20(26)24-15-18(19(25)16-24)23-12-10-22(11-13-23)14-17-7-5-6-9-21-17/h3-7,9,18-19,25H,2,8,10-16H2,1H3/t18-,19-/m0/s1. The van der Waals surface area contributed by atoms with Crippen LogP contribution < -0.4 is 0 Å². The lowest BCUT2D eigenvalue weighted by Crippen LogP contribution is -2.53. The fourth-order valence-corrected chi connectivity index (χ4v) is 3.79. The number of carbonyl (C=O) groups is 1. The number of rotatable bonds is 6. The molecule has 3 heterocycles. The van der Waals surface area contributed by atoms with Gasteiger partial charge in [0.1, 0.15) is 0 Å². The quantitative estimate of drug-likeness (QED) is 0.773. The molecule has 142 valence electrons. The van der Waals surface area contributed by atoms with Gasteiger partial charge < -0.3 is 10.0 Å². The van der Waals surface area contributed by atoms with Gasteiger partial charge in [-0.05, 0) is 18.6 Å². The van der Waals surface area contributed by atoms with Gasteiger partial charge in [-0.1, -0.05) is 25.1 Å². The Balaban J connectivity index is 1.47. The maximum Gasteiger partial charge on any atom is 0.226 e. The Labute approximate surface area is 156 Å². The minimum atomic E-state index is -0.448. The molecule has 0 aliphatic carbocycles. The van der Waals surface area contributed by atoms with E-state index < -0.39 is 6.10 Å². The van der Waals surface area contributed by atoms with Crippen LogP contribution in [0.1, 0.15) is 25.5 Å². The van der Waals surface area contributed by atoms with Crippen molar-refractivity contribution in [3.63, 3.8) is 0 Å². The topological polar surface area (TPSA) is 59.9 Å². The molecule has 2 aliphatic rings. The summed E-state index contributed by atoms with van der Waals surface area (Å²) in [5, 5.41) is 10.5. The molecule has 0 saturated carbocycles. The van der Waals surface area contributed by atoms with Crippen molar-refractivity contribution in [1.29, 1.82) is 0 Å². The number of likely N-dealkylation sites (tertiary alicyclic amines) is 1. The van der Waals surface area contributed by atoms with Crippen LogP contribution in [0.15, 0.2) is 36.5 Å². The number of aromatic nitrogens is 1. The molecular weight excluding hydrogens is 328 g/mol. The Kier molecular flexibility index (Phi) is 6.77. The SMILES string of the molecule is CCC=CCC(=O)N1C[C@H](O)[C@@H](N2CCN(Cc3ccccn3)CC2)C1. The smallest absolute Gasteiger partial charge is 0.226 e. The zero-order valence-electron chi connectivity index (χ0n) is 15.6. The molecule has 2 aliphatic heterocycles. The van der Waals surface area contributed by atoms with Crippen LogP contribution in [-0.4, -0.2) is 82.1 Å². The number of nitrogens with zero attached hydrogens (tertiary/aromatic N) is 4. The summed E-state index contributed by atoms with van der Waals surface area (Å²) in [6.07, 6.45) is 6.71. The van der Waals surface area contributed by atoms with Crippen LogP contribution in [0, 0.1) is 0 Å². The molecule has 1 aromatic rings. The Hall–Kier alpha value is -1.76. The van der Waals surface area contributed by atoms with E-state index in [1.807, 2.05) is 35.4 Å². The van der Waals surface area contributed by atoms with E-state index in [4.69, 9.17) is 0 Å². The van der Waals surface area contributed by atoms with E-state index in [0.29, 0.717) is 19.5 Å². The molecule has 0 radical (unpaired) electrons. The monoisotopic (exact) mass is 358 g/mol. The molecule has 1 aromatic heterocycles. The highest BCUT2D eigenvalue weighted by Gasteiger charge is 2.38. The lowest BCUT2D eigenvalue weighted by Gasteiger charge is -2.38. The highest BCUT2D eigenvalue weighted by Crippen LogP contribution is 2.19. The molecule has 2 atom stereocenters. The number of pyridine rings is 1. The van der Waals surface area contributed by atoms with Gasteiger partial charge in [0.2, 0.25) is 5.91 Å². The van der Waals surface area contributed by atoms with Gasteiger partial charge in [0, 0.05) is 58.4 Å². The van der Waals surface area contributed by atoms with Gasteiger partial charge in [-0.15, -0.1) is 0 Å². The molecule has 3 rings (SSSR count). The van der Waals surface area contributed by atoms with E-state index in [0.717, 1.165) is 44.8 Å². The van der Waals surface area contributed by atoms with Crippen molar-refractivity contribution in [2.24, 2.45) is 0 Å². The zero-order valence-corrected chi connectivity index (χ0v) is 15.6. The van der Waals surface area contributed by atoms with Crippen LogP contribution in [0.4, 0.5) is 0 Å². The minimum absolute atomic E-state index is 0.0612. The maximum atomic E-state index is 12.3. The normalized spacial score (nSPS) is 25.2. The Morgan fingerprint density at radius 2 is 2.04 bits per heavy atom. The van der Waals surface area contributed by atoms with Crippen molar-refractivity contribution in [2.75, 3.05) is 39.3 Å². The Morgan fingerprint density at radius 1 is 1.23 bits per heavy atom. The summed E-state index contributed by atoms with van der Waals surface area (Å²) in [6, 6.07) is 6.08. The summed E-state index contributed by atoms with van der Waals surface area (Å²) in [6.45, 7) is 7.80. The molecule has 0 spiro atoms. The first-order valence-corrected chi connectivity index (χ1v) is 9.64.